The second-order valence-corrected chi connectivity index (χ2v) is 10.4. The zero-order valence-corrected chi connectivity index (χ0v) is 21.5. The molecular formula is C27H33N7O3. The number of benzene rings is 2. The van der Waals surface area contributed by atoms with E-state index < -0.39 is 11.7 Å². The molecule has 0 aliphatic carbocycles. The minimum Gasteiger partial charge on any atom is -0.444 e. The van der Waals surface area contributed by atoms with Gasteiger partial charge >= 0.3 is 6.09 Å². The standard InChI is InChI=1S/C27H33N7O3/c1-27(2,3)37-26(36)29-12-6-11-28-25(35)17-7-9-20-19(15-17)23(33-32-20)24-30-21-10-8-18(16-22(21)31-24)34-13-4-5-14-34/h7-10,15-16H,4-6,11-14H2,1-3H3,(H,28,35)(H,29,36)(H,30,31)(H,32,33). The van der Waals surface area contributed by atoms with Crippen molar-refractivity contribution in [3.05, 3.63) is 42.0 Å². The molecule has 0 bridgehead atoms. The van der Waals surface area contributed by atoms with E-state index >= 15 is 0 Å². The van der Waals surface area contributed by atoms with E-state index in [0.717, 1.165) is 35.0 Å². The summed E-state index contributed by atoms with van der Waals surface area (Å²) in [6, 6.07) is 11.7. The van der Waals surface area contributed by atoms with Crippen molar-refractivity contribution in [1.82, 2.24) is 30.8 Å². The van der Waals surface area contributed by atoms with E-state index in [-0.39, 0.29) is 5.91 Å². The number of nitrogens with one attached hydrogen (secondary N) is 4. The first-order chi connectivity index (χ1) is 17.8. The summed E-state index contributed by atoms with van der Waals surface area (Å²) in [5, 5.41) is 13.9. The molecule has 37 heavy (non-hydrogen) atoms. The van der Waals surface area contributed by atoms with Crippen LogP contribution in [-0.4, -0.2) is 63.9 Å². The first-order valence-electron chi connectivity index (χ1n) is 12.8. The number of hydrogen-bond donors (Lipinski definition) is 4. The lowest BCUT2D eigenvalue weighted by molar-refractivity contribution is 0.0527. The SMILES string of the molecule is CC(C)(C)OC(=O)NCCCNC(=O)c1ccc2[nH]nc(-c3nc4ccc(N5CCCC5)cc4[nH]3)c2c1. The second-order valence-electron chi connectivity index (χ2n) is 10.4. The van der Waals surface area contributed by atoms with Crippen LogP contribution in [0, 0.1) is 0 Å². The van der Waals surface area contributed by atoms with Crippen molar-refractivity contribution in [3.8, 4) is 11.5 Å². The summed E-state index contributed by atoms with van der Waals surface area (Å²) < 4.78 is 5.21. The summed E-state index contributed by atoms with van der Waals surface area (Å²) in [6.07, 6.45) is 2.58. The molecule has 3 heterocycles. The Labute approximate surface area is 215 Å². The monoisotopic (exact) mass is 503 g/mol. The second kappa shape index (κ2) is 10.1. The zero-order valence-electron chi connectivity index (χ0n) is 21.5. The Morgan fingerprint density at radius 2 is 1.81 bits per heavy atom. The van der Waals surface area contributed by atoms with Gasteiger partial charge in [0.1, 0.15) is 11.3 Å². The smallest absolute Gasteiger partial charge is 0.407 e. The topological polar surface area (TPSA) is 128 Å². The van der Waals surface area contributed by atoms with E-state index in [9.17, 15) is 9.59 Å². The molecule has 10 heteroatoms. The van der Waals surface area contributed by atoms with E-state index in [1.54, 1.807) is 6.07 Å². The van der Waals surface area contributed by atoms with Gasteiger partial charge in [-0.1, -0.05) is 0 Å². The summed E-state index contributed by atoms with van der Waals surface area (Å²) in [7, 11) is 0. The van der Waals surface area contributed by atoms with Crippen LogP contribution in [0.2, 0.25) is 0 Å². The van der Waals surface area contributed by atoms with E-state index in [2.05, 4.69) is 42.8 Å². The fraction of sp³-hybridized carbons (Fsp3) is 0.407. The van der Waals surface area contributed by atoms with Crippen LogP contribution in [0.4, 0.5) is 10.5 Å². The van der Waals surface area contributed by atoms with Crippen molar-refractivity contribution in [2.75, 3.05) is 31.1 Å². The molecule has 2 amide bonds. The van der Waals surface area contributed by atoms with Crippen molar-refractivity contribution >= 4 is 39.6 Å². The van der Waals surface area contributed by atoms with Crippen LogP contribution >= 0.6 is 0 Å². The van der Waals surface area contributed by atoms with E-state index in [1.807, 2.05) is 39.0 Å². The Kier molecular flexibility index (Phi) is 6.73. The largest absolute Gasteiger partial charge is 0.444 e. The number of aromatic amines is 2. The Bertz CT molecular complexity index is 1430. The highest BCUT2D eigenvalue weighted by Crippen LogP contribution is 2.29. The van der Waals surface area contributed by atoms with Crippen LogP contribution in [0.1, 0.15) is 50.4 Å². The Morgan fingerprint density at radius 3 is 2.59 bits per heavy atom. The summed E-state index contributed by atoms with van der Waals surface area (Å²) in [5.74, 6) is 0.469. The molecule has 10 nitrogen and oxygen atoms in total. The van der Waals surface area contributed by atoms with Crippen LogP contribution in [-0.2, 0) is 4.74 Å². The Hall–Kier alpha value is -4.08. The number of alkyl carbamates (subject to hydrolysis) is 1. The van der Waals surface area contributed by atoms with Gasteiger partial charge in [0.2, 0.25) is 0 Å². The number of ether oxygens (including phenoxy) is 1. The normalized spacial score (nSPS) is 13.9. The first kappa shape index (κ1) is 24.6. The van der Waals surface area contributed by atoms with Crippen molar-refractivity contribution in [2.24, 2.45) is 0 Å². The number of carbonyl (C=O) groups excluding carboxylic acids is 2. The predicted molar refractivity (Wildman–Crippen MR) is 144 cm³/mol. The third-order valence-corrected chi connectivity index (χ3v) is 6.29. The number of imidazole rings is 1. The quantitative estimate of drug-likeness (QED) is 0.278. The minimum atomic E-state index is -0.540. The highest BCUT2D eigenvalue weighted by Gasteiger charge is 2.18. The van der Waals surface area contributed by atoms with E-state index in [4.69, 9.17) is 9.72 Å². The van der Waals surface area contributed by atoms with Gasteiger partial charge in [0, 0.05) is 42.8 Å². The van der Waals surface area contributed by atoms with Gasteiger partial charge in [-0.25, -0.2) is 9.78 Å². The Morgan fingerprint density at radius 1 is 1.03 bits per heavy atom. The molecule has 2 aromatic carbocycles. The molecule has 0 radical (unpaired) electrons. The molecule has 4 aromatic rings. The number of anilines is 1. The molecule has 1 saturated heterocycles. The molecule has 4 N–H and O–H groups in total. The third-order valence-electron chi connectivity index (χ3n) is 6.29. The van der Waals surface area contributed by atoms with Gasteiger partial charge in [-0.2, -0.15) is 5.10 Å². The molecule has 0 spiro atoms. The number of hydrogen-bond acceptors (Lipinski definition) is 6. The van der Waals surface area contributed by atoms with Gasteiger partial charge in [0.25, 0.3) is 5.91 Å². The lowest BCUT2D eigenvalue weighted by Crippen LogP contribution is -2.34. The van der Waals surface area contributed by atoms with Crippen molar-refractivity contribution in [3.63, 3.8) is 0 Å². The molecular weight excluding hydrogens is 470 g/mol. The molecule has 0 atom stereocenters. The highest BCUT2D eigenvalue weighted by atomic mass is 16.6. The molecule has 5 rings (SSSR count). The number of rotatable bonds is 7. The van der Waals surface area contributed by atoms with Gasteiger partial charge in [-0.15, -0.1) is 0 Å². The molecule has 1 aliphatic rings. The van der Waals surface area contributed by atoms with Gasteiger partial charge in [-0.3, -0.25) is 9.89 Å². The number of amides is 2. The van der Waals surface area contributed by atoms with Crippen LogP contribution in [0.3, 0.4) is 0 Å². The average molecular weight is 504 g/mol. The van der Waals surface area contributed by atoms with Gasteiger partial charge in [-0.05, 0) is 76.4 Å². The van der Waals surface area contributed by atoms with Crippen LogP contribution in [0.25, 0.3) is 33.5 Å². The first-order valence-corrected chi connectivity index (χ1v) is 12.8. The van der Waals surface area contributed by atoms with Crippen LogP contribution < -0.4 is 15.5 Å². The maximum atomic E-state index is 12.8. The lowest BCUT2D eigenvalue weighted by atomic mass is 10.1. The lowest BCUT2D eigenvalue weighted by Gasteiger charge is -2.19. The maximum Gasteiger partial charge on any atom is 0.407 e. The molecule has 0 unspecified atom stereocenters. The van der Waals surface area contributed by atoms with Crippen molar-refractivity contribution in [2.45, 2.75) is 45.6 Å². The van der Waals surface area contributed by atoms with E-state index in [0.29, 0.717) is 36.6 Å². The number of fused-ring (bicyclic) bond motifs is 2. The Balaban J connectivity index is 1.25. The average Bonchev–Trinajstić information content (AvgIpc) is 3.60. The van der Waals surface area contributed by atoms with Crippen molar-refractivity contribution in [1.29, 1.82) is 0 Å². The molecule has 2 aromatic heterocycles. The minimum absolute atomic E-state index is 0.189. The summed E-state index contributed by atoms with van der Waals surface area (Å²) in [6.45, 7) is 8.44. The van der Waals surface area contributed by atoms with Crippen LogP contribution in [0.15, 0.2) is 36.4 Å². The molecule has 194 valence electrons. The van der Waals surface area contributed by atoms with E-state index in [1.165, 1.54) is 18.5 Å². The fourth-order valence-corrected chi connectivity index (χ4v) is 4.51. The molecule has 0 saturated carbocycles. The number of carbonyl (C=O) groups is 2. The zero-order chi connectivity index (χ0) is 26.0. The molecule has 1 aliphatic heterocycles. The summed E-state index contributed by atoms with van der Waals surface area (Å²) in [4.78, 5) is 35.0. The highest BCUT2D eigenvalue weighted by molar-refractivity contribution is 6.01. The molecule has 1 fully saturated rings. The van der Waals surface area contributed by atoms with Gasteiger partial charge < -0.3 is 25.3 Å². The van der Waals surface area contributed by atoms with Crippen LogP contribution in [0.5, 0.6) is 0 Å². The van der Waals surface area contributed by atoms with Crippen molar-refractivity contribution < 1.29 is 14.3 Å². The number of aromatic nitrogens is 4. The number of nitrogens with zero attached hydrogens (tertiary/aromatic N) is 3. The number of H-pyrrole nitrogens is 2. The third kappa shape index (κ3) is 5.68. The predicted octanol–water partition coefficient (Wildman–Crippen LogP) is 4.35. The van der Waals surface area contributed by atoms with Gasteiger partial charge in [0.15, 0.2) is 5.82 Å². The maximum absolute atomic E-state index is 12.8. The van der Waals surface area contributed by atoms with Gasteiger partial charge in [0.05, 0.1) is 16.6 Å². The summed E-state index contributed by atoms with van der Waals surface area (Å²) in [5.41, 5.74) is 4.53. The fourth-order valence-electron chi connectivity index (χ4n) is 4.51. The summed E-state index contributed by atoms with van der Waals surface area (Å²) >= 11 is 0.